The van der Waals surface area contributed by atoms with Crippen molar-refractivity contribution in [3.8, 4) is 5.75 Å². The van der Waals surface area contributed by atoms with E-state index in [4.69, 9.17) is 4.74 Å². The van der Waals surface area contributed by atoms with Crippen molar-refractivity contribution in [2.24, 2.45) is 0 Å². The Morgan fingerprint density at radius 3 is 2.62 bits per heavy atom. The zero-order valence-electron chi connectivity index (χ0n) is 19.7. The highest BCUT2D eigenvalue weighted by atomic mass is 32.1. The molecule has 0 saturated heterocycles. The van der Waals surface area contributed by atoms with Crippen LogP contribution in [0.15, 0.2) is 53.9 Å². The molecule has 1 unspecified atom stereocenters. The van der Waals surface area contributed by atoms with E-state index in [1.54, 1.807) is 11.3 Å². The Labute approximate surface area is 203 Å². The third kappa shape index (κ3) is 5.14. The van der Waals surface area contributed by atoms with Crippen LogP contribution in [-0.4, -0.2) is 47.9 Å². The highest BCUT2D eigenvalue weighted by Gasteiger charge is 2.33. The van der Waals surface area contributed by atoms with Crippen LogP contribution in [0, 0.1) is 19.7 Å². The number of fused-ring (bicyclic) bond motifs is 1. The zero-order valence-corrected chi connectivity index (χ0v) is 20.5. The Hall–Kier alpha value is -3.19. The quantitative estimate of drug-likeness (QED) is 0.469. The van der Waals surface area contributed by atoms with Gasteiger partial charge in [0.15, 0.2) is 0 Å². The number of aryl methyl sites for hydroxylation is 2. The number of amides is 2. The van der Waals surface area contributed by atoms with Gasteiger partial charge >= 0.3 is 0 Å². The molecule has 0 radical (unpaired) electrons. The van der Waals surface area contributed by atoms with Crippen molar-refractivity contribution in [2.45, 2.75) is 33.2 Å². The second kappa shape index (κ2) is 10.4. The van der Waals surface area contributed by atoms with Crippen molar-refractivity contribution in [3.05, 3.63) is 86.9 Å². The third-order valence-electron chi connectivity index (χ3n) is 6.23. The Balaban J connectivity index is 1.51. The molecule has 1 atom stereocenters. The number of hydrogen-bond acceptors (Lipinski definition) is 4. The van der Waals surface area contributed by atoms with E-state index in [0.717, 1.165) is 23.3 Å². The molecule has 0 fully saturated rings. The van der Waals surface area contributed by atoms with Crippen LogP contribution in [0.2, 0.25) is 0 Å². The van der Waals surface area contributed by atoms with Gasteiger partial charge in [-0.3, -0.25) is 9.59 Å². The summed E-state index contributed by atoms with van der Waals surface area (Å²) >= 11 is 1.70. The monoisotopic (exact) mass is 480 g/mol. The Morgan fingerprint density at radius 1 is 1.15 bits per heavy atom. The summed E-state index contributed by atoms with van der Waals surface area (Å²) < 4.78 is 19.5. The summed E-state index contributed by atoms with van der Waals surface area (Å²) in [5, 5.41) is 2.05. The Bertz CT molecular complexity index is 1170. The van der Waals surface area contributed by atoms with E-state index in [0.29, 0.717) is 25.3 Å². The minimum atomic E-state index is -0.401. The van der Waals surface area contributed by atoms with Gasteiger partial charge < -0.3 is 14.5 Å². The van der Waals surface area contributed by atoms with Crippen LogP contribution in [0.4, 0.5) is 4.39 Å². The van der Waals surface area contributed by atoms with Gasteiger partial charge in [-0.05, 0) is 80.1 Å². The molecule has 4 rings (SSSR count). The molecule has 7 heteroatoms. The fourth-order valence-corrected chi connectivity index (χ4v) is 5.29. The lowest BCUT2D eigenvalue weighted by Gasteiger charge is -2.37. The molecule has 2 amide bonds. The van der Waals surface area contributed by atoms with E-state index >= 15 is 0 Å². The number of thiophene rings is 1. The summed E-state index contributed by atoms with van der Waals surface area (Å²) in [6.07, 6.45) is 0.789. The molecule has 0 saturated carbocycles. The smallest absolute Gasteiger partial charge is 0.254 e. The highest BCUT2D eigenvalue weighted by Crippen LogP contribution is 2.34. The van der Waals surface area contributed by atoms with Crippen LogP contribution in [0.25, 0.3) is 0 Å². The summed E-state index contributed by atoms with van der Waals surface area (Å²) in [4.78, 5) is 31.0. The average Bonchev–Trinajstić information content (AvgIpc) is 3.31. The largest absolute Gasteiger partial charge is 0.491 e. The molecular formula is C27H29FN2O3S. The maximum absolute atomic E-state index is 13.4. The fraction of sp³-hybridized carbons (Fsp3) is 0.333. The summed E-state index contributed by atoms with van der Waals surface area (Å²) in [6.45, 7) is 7.16. The van der Waals surface area contributed by atoms with E-state index in [1.807, 2.05) is 37.8 Å². The van der Waals surface area contributed by atoms with Crippen LogP contribution in [0.5, 0.6) is 5.75 Å². The van der Waals surface area contributed by atoms with Crippen LogP contribution < -0.4 is 4.74 Å². The van der Waals surface area contributed by atoms with Gasteiger partial charge in [-0.2, -0.15) is 0 Å². The van der Waals surface area contributed by atoms with Crippen molar-refractivity contribution < 1.29 is 18.7 Å². The lowest BCUT2D eigenvalue weighted by Crippen LogP contribution is -2.47. The normalized spacial score (nSPS) is 15.1. The summed E-state index contributed by atoms with van der Waals surface area (Å²) in [6, 6.07) is 13.3. The number of halogens is 1. The second-order valence-electron chi connectivity index (χ2n) is 8.56. The number of nitrogens with zero attached hydrogens (tertiary/aromatic N) is 2. The highest BCUT2D eigenvalue weighted by molar-refractivity contribution is 7.10. The van der Waals surface area contributed by atoms with E-state index in [-0.39, 0.29) is 24.4 Å². The first-order valence-corrected chi connectivity index (χ1v) is 12.4. The zero-order chi connectivity index (χ0) is 24.2. The molecule has 5 nitrogen and oxygen atoms in total. The molecule has 0 spiro atoms. The standard InChI is InChI=1S/C27H29FN2O3S/c1-4-29(27(32)20-6-8-21(28)9-7-20)16-26(31)30-13-11-25-22(12-14-34-25)23(30)17-33-24-10-5-18(2)15-19(24)3/h5-10,12,14-15,23H,4,11,13,16-17H2,1-3H3. The topological polar surface area (TPSA) is 49.9 Å². The van der Waals surface area contributed by atoms with Gasteiger partial charge in [-0.1, -0.05) is 17.7 Å². The van der Waals surface area contributed by atoms with Crippen molar-refractivity contribution in [2.75, 3.05) is 26.2 Å². The first-order chi connectivity index (χ1) is 16.4. The number of benzene rings is 2. The molecule has 2 heterocycles. The van der Waals surface area contributed by atoms with Crippen LogP contribution >= 0.6 is 11.3 Å². The fourth-order valence-electron chi connectivity index (χ4n) is 4.36. The Morgan fingerprint density at radius 2 is 1.91 bits per heavy atom. The van der Waals surface area contributed by atoms with Gasteiger partial charge in [-0.15, -0.1) is 11.3 Å². The lowest BCUT2D eigenvalue weighted by molar-refractivity contribution is -0.135. The van der Waals surface area contributed by atoms with Crippen molar-refractivity contribution in [3.63, 3.8) is 0 Å². The molecule has 0 aliphatic carbocycles. The predicted molar refractivity (Wildman–Crippen MR) is 132 cm³/mol. The van der Waals surface area contributed by atoms with E-state index in [1.165, 1.54) is 39.6 Å². The number of hydrogen-bond donors (Lipinski definition) is 0. The third-order valence-corrected chi connectivity index (χ3v) is 7.23. The number of ether oxygens (including phenoxy) is 1. The summed E-state index contributed by atoms with van der Waals surface area (Å²) in [5.74, 6) is -0.000194. The minimum Gasteiger partial charge on any atom is -0.491 e. The predicted octanol–water partition coefficient (Wildman–Crippen LogP) is 5.17. The Kier molecular flexibility index (Phi) is 7.32. The summed E-state index contributed by atoms with van der Waals surface area (Å²) in [7, 11) is 0. The SMILES string of the molecule is CCN(CC(=O)N1CCc2sccc2C1COc1ccc(C)cc1C)C(=O)c1ccc(F)cc1. The first kappa shape index (κ1) is 24.0. The van der Waals surface area contributed by atoms with Crippen LogP contribution in [0.1, 0.15) is 44.9 Å². The van der Waals surface area contributed by atoms with Crippen molar-refractivity contribution in [1.29, 1.82) is 0 Å². The van der Waals surface area contributed by atoms with Gasteiger partial charge in [0.2, 0.25) is 5.91 Å². The first-order valence-electron chi connectivity index (χ1n) is 11.5. The van der Waals surface area contributed by atoms with Gasteiger partial charge in [0.25, 0.3) is 5.91 Å². The molecule has 2 aromatic carbocycles. The molecule has 1 aromatic heterocycles. The maximum Gasteiger partial charge on any atom is 0.254 e. The average molecular weight is 481 g/mol. The van der Waals surface area contributed by atoms with Gasteiger partial charge in [-0.25, -0.2) is 4.39 Å². The molecule has 3 aromatic rings. The minimum absolute atomic E-state index is 0.0355. The number of carbonyl (C=O) groups excluding carboxylic acids is 2. The molecular weight excluding hydrogens is 451 g/mol. The van der Waals surface area contributed by atoms with Crippen LogP contribution in [-0.2, 0) is 11.2 Å². The maximum atomic E-state index is 13.4. The lowest BCUT2D eigenvalue weighted by atomic mass is 10.00. The molecule has 34 heavy (non-hydrogen) atoms. The second-order valence-corrected chi connectivity index (χ2v) is 9.56. The molecule has 0 bridgehead atoms. The van der Waals surface area contributed by atoms with Crippen LogP contribution in [0.3, 0.4) is 0 Å². The van der Waals surface area contributed by atoms with Gasteiger partial charge in [0.1, 0.15) is 24.7 Å². The van der Waals surface area contributed by atoms with E-state index in [9.17, 15) is 14.0 Å². The molecule has 1 aliphatic heterocycles. The van der Waals surface area contributed by atoms with E-state index in [2.05, 4.69) is 17.5 Å². The molecule has 1 aliphatic rings. The van der Waals surface area contributed by atoms with Crippen molar-refractivity contribution >= 4 is 23.2 Å². The van der Waals surface area contributed by atoms with E-state index < -0.39 is 5.82 Å². The molecule has 178 valence electrons. The van der Waals surface area contributed by atoms with Gasteiger partial charge in [0.05, 0.1) is 6.04 Å². The number of likely N-dealkylation sites (N-methyl/N-ethyl adjacent to an activating group) is 1. The van der Waals surface area contributed by atoms with Crippen molar-refractivity contribution in [1.82, 2.24) is 9.80 Å². The molecule has 0 N–H and O–H groups in total. The van der Waals surface area contributed by atoms with Gasteiger partial charge in [0, 0.05) is 23.5 Å². The number of rotatable bonds is 7. The number of carbonyl (C=O) groups is 2. The summed E-state index contributed by atoms with van der Waals surface area (Å²) in [5.41, 5.74) is 3.71.